The highest BCUT2D eigenvalue weighted by atomic mass is 32.2. The van der Waals surface area contributed by atoms with Crippen molar-refractivity contribution in [1.29, 1.82) is 0 Å². The highest BCUT2D eigenvalue weighted by Gasteiger charge is 2.26. The molecule has 146 valence electrons. The third-order valence-corrected chi connectivity index (χ3v) is 5.76. The van der Waals surface area contributed by atoms with Crippen molar-refractivity contribution in [2.45, 2.75) is 18.0 Å². The third-order valence-electron chi connectivity index (χ3n) is 4.71. The molecule has 3 aromatic rings. The Labute approximate surface area is 172 Å². The summed E-state index contributed by atoms with van der Waals surface area (Å²) in [5.41, 5.74) is 3.06. The van der Waals surface area contributed by atoms with Gasteiger partial charge >= 0.3 is 0 Å². The molecule has 0 spiro atoms. The molecule has 0 saturated heterocycles. The zero-order chi connectivity index (χ0) is 20.2. The van der Waals surface area contributed by atoms with Crippen LogP contribution < -0.4 is 10.2 Å². The van der Waals surface area contributed by atoms with Gasteiger partial charge in [-0.2, -0.15) is 0 Å². The minimum absolute atomic E-state index is 0.0336. The molecule has 0 atom stereocenters. The van der Waals surface area contributed by atoms with E-state index in [9.17, 15) is 14.0 Å². The van der Waals surface area contributed by atoms with E-state index in [4.69, 9.17) is 0 Å². The van der Waals surface area contributed by atoms with Gasteiger partial charge in [0.2, 0.25) is 5.91 Å². The lowest BCUT2D eigenvalue weighted by molar-refractivity contribution is -0.116. The van der Waals surface area contributed by atoms with E-state index in [1.807, 2.05) is 36.4 Å². The van der Waals surface area contributed by atoms with Gasteiger partial charge in [0.05, 0.1) is 18.0 Å². The molecular formula is C23H19FN2O2S. The van der Waals surface area contributed by atoms with E-state index in [-0.39, 0.29) is 17.6 Å². The topological polar surface area (TPSA) is 49.4 Å². The second-order valence-electron chi connectivity index (χ2n) is 6.75. The Kier molecular flexibility index (Phi) is 5.62. The van der Waals surface area contributed by atoms with Gasteiger partial charge in [-0.05, 0) is 41.5 Å². The van der Waals surface area contributed by atoms with E-state index in [1.165, 1.54) is 23.9 Å². The van der Waals surface area contributed by atoms with Crippen molar-refractivity contribution < 1.29 is 14.0 Å². The van der Waals surface area contributed by atoms with Gasteiger partial charge in [0.25, 0.3) is 5.91 Å². The molecule has 1 heterocycles. The van der Waals surface area contributed by atoms with E-state index in [0.29, 0.717) is 30.1 Å². The summed E-state index contributed by atoms with van der Waals surface area (Å²) in [6.07, 6.45) is 0. The molecule has 29 heavy (non-hydrogen) atoms. The Morgan fingerprint density at radius 1 is 1.00 bits per heavy atom. The van der Waals surface area contributed by atoms with Crippen LogP contribution in [-0.2, 0) is 17.9 Å². The average molecular weight is 406 g/mol. The highest BCUT2D eigenvalue weighted by Crippen LogP contribution is 2.36. The number of halogens is 1. The lowest BCUT2D eigenvalue weighted by atomic mass is 10.1. The molecular weight excluding hydrogens is 387 g/mol. The van der Waals surface area contributed by atoms with Crippen LogP contribution in [0.25, 0.3) is 0 Å². The Morgan fingerprint density at radius 2 is 1.76 bits per heavy atom. The highest BCUT2D eigenvalue weighted by molar-refractivity contribution is 8.00. The first-order chi connectivity index (χ1) is 14.1. The summed E-state index contributed by atoms with van der Waals surface area (Å²) in [6.45, 7) is 0.769. The van der Waals surface area contributed by atoms with E-state index in [1.54, 1.807) is 29.2 Å². The average Bonchev–Trinajstić information content (AvgIpc) is 2.76. The second kappa shape index (κ2) is 8.49. The third kappa shape index (κ3) is 4.49. The maximum atomic E-state index is 13.2. The normalized spacial score (nSPS) is 13.1. The number of carbonyl (C=O) groups is 2. The van der Waals surface area contributed by atoms with Crippen molar-refractivity contribution in [3.8, 4) is 0 Å². The first kappa shape index (κ1) is 19.2. The summed E-state index contributed by atoms with van der Waals surface area (Å²) < 4.78 is 13.2. The molecule has 2 amide bonds. The van der Waals surface area contributed by atoms with Crippen LogP contribution >= 0.6 is 11.8 Å². The van der Waals surface area contributed by atoms with Gasteiger partial charge in [0, 0.05) is 17.0 Å². The van der Waals surface area contributed by atoms with Crippen LogP contribution in [0.4, 0.5) is 10.1 Å². The van der Waals surface area contributed by atoms with Crippen LogP contribution in [0.15, 0.2) is 77.7 Å². The molecule has 6 heteroatoms. The molecule has 0 aliphatic carbocycles. The SMILES string of the molecule is O=C(NCc1ccccc1)c1ccc2c(c1)N(Cc1ccc(F)cc1)C(=O)CS2. The molecule has 0 saturated carbocycles. The number of nitrogens with zero attached hydrogens (tertiary/aromatic N) is 1. The number of nitrogens with one attached hydrogen (secondary N) is 1. The zero-order valence-electron chi connectivity index (χ0n) is 15.6. The van der Waals surface area contributed by atoms with Crippen LogP contribution in [0.2, 0.25) is 0 Å². The number of amides is 2. The predicted octanol–water partition coefficient (Wildman–Crippen LogP) is 4.39. The minimum atomic E-state index is -0.313. The van der Waals surface area contributed by atoms with Crippen molar-refractivity contribution in [3.63, 3.8) is 0 Å². The number of anilines is 1. The second-order valence-corrected chi connectivity index (χ2v) is 7.76. The number of rotatable bonds is 5. The largest absolute Gasteiger partial charge is 0.348 e. The summed E-state index contributed by atoms with van der Waals surface area (Å²) in [6, 6.07) is 21.2. The minimum Gasteiger partial charge on any atom is -0.348 e. The smallest absolute Gasteiger partial charge is 0.251 e. The van der Waals surface area contributed by atoms with Gasteiger partial charge in [0.15, 0.2) is 0 Å². The Balaban J connectivity index is 1.55. The van der Waals surface area contributed by atoms with Crippen LogP contribution in [0.3, 0.4) is 0 Å². The molecule has 0 aromatic heterocycles. The van der Waals surface area contributed by atoms with Gasteiger partial charge in [-0.15, -0.1) is 11.8 Å². The molecule has 4 nitrogen and oxygen atoms in total. The number of hydrogen-bond donors (Lipinski definition) is 1. The summed E-state index contributed by atoms with van der Waals surface area (Å²) in [4.78, 5) is 27.8. The van der Waals surface area contributed by atoms with Crippen molar-refractivity contribution in [2.75, 3.05) is 10.7 Å². The molecule has 1 N–H and O–H groups in total. The Hall–Kier alpha value is -3.12. The lowest BCUT2D eigenvalue weighted by Gasteiger charge is -2.29. The predicted molar refractivity (Wildman–Crippen MR) is 112 cm³/mol. The quantitative estimate of drug-likeness (QED) is 0.684. The van der Waals surface area contributed by atoms with Crippen molar-refractivity contribution in [2.24, 2.45) is 0 Å². The fourth-order valence-corrected chi connectivity index (χ4v) is 4.09. The molecule has 0 bridgehead atoms. The van der Waals surface area contributed by atoms with Gasteiger partial charge in [-0.25, -0.2) is 4.39 Å². The molecule has 0 unspecified atom stereocenters. The summed E-state index contributed by atoms with van der Waals surface area (Å²) in [7, 11) is 0. The van der Waals surface area contributed by atoms with Gasteiger partial charge in [0.1, 0.15) is 5.82 Å². The maximum absolute atomic E-state index is 13.2. The molecule has 1 aliphatic rings. The molecule has 1 aliphatic heterocycles. The van der Waals surface area contributed by atoms with Crippen LogP contribution in [-0.4, -0.2) is 17.6 Å². The standard InChI is InChI=1S/C23H19FN2O2S/c24-19-9-6-17(7-10-19)14-26-20-12-18(8-11-21(20)29-15-22(26)27)23(28)25-13-16-4-2-1-3-5-16/h1-12H,13-15H2,(H,25,28). The van der Waals surface area contributed by atoms with Crippen LogP contribution in [0.1, 0.15) is 21.5 Å². The fourth-order valence-electron chi connectivity index (χ4n) is 3.17. The fraction of sp³-hybridized carbons (Fsp3) is 0.130. The maximum Gasteiger partial charge on any atom is 0.251 e. The van der Waals surface area contributed by atoms with E-state index in [0.717, 1.165) is 16.0 Å². The molecule has 3 aromatic carbocycles. The Morgan fingerprint density at radius 3 is 2.52 bits per heavy atom. The van der Waals surface area contributed by atoms with E-state index < -0.39 is 0 Å². The van der Waals surface area contributed by atoms with Crippen LogP contribution in [0.5, 0.6) is 0 Å². The summed E-state index contributed by atoms with van der Waals surface area (Å²) in [5, 5.41) is 2.91. The lowest BCUT2D eigenvalue weighted by Crippen LogP contribution is -2.35. The van der Waals surface area contributed by atoms with Crippen LogP contribution in [0, 0.1) is 5.82 Å². The molecule has 0 fully saturated rings. The first-order valence-electron chi connectivity index (χ1n) is 9.24. The molecule has 4 rings (SSSR count). The van der Waals surface area contributed by atoms with E-state index >= 15 is 0 Å². The zero-order valence-corrected chi connectivity index (χ0v) is 16.4. The number of benzene rings is 3. The van der Waals surface area contributed by atoms with Gasteiger partial charge < -0.3 is 10.2 Å². The van der Waals surface area contributed by atoms with Crippen molar-refractivity contribution in [3.05, 3.63) is 95.3 Å². The van der Waals surface area contributed by atoms with Crippen molar-refractivity contribution in [1.82, 2.24) is 5.32 Å². The van der Waals surface area contributed by atoms with E-state index in [2.05, 4.69) is 5.32 Å². The molecule has 0 radical (unpaired) electrons. The Bertz CT molecular complexity index is 1040. The summed E-state index contributed by atoms with van der Waals surface area (Å²) >= 11 is 1.46. The number of thioether (sulfide) groups is 1. The number of hydrogen-bond acceptors (Lipinski definition) is 3. The van der Waals surface area contributed by atoms with Crippen molar-refractivity contribution >= 4 is 29.3 Å². The van der Waals surface area contributed by atoms with Gasteiger partial charge in [-0.1, -0.05) is 42.5 Å². The monoisotopic (exact) mass is 406 g/mol. The van der Waals surface area contributed by atoms with Gasteiger partial charge in [-0.3, -0.25) is 9.59 Å². The number of carbonyl (C=O) groups excluding carboxylic acids is 2. The first-order valence-corrected chi connectivity index (χ1v) is 10.2. The number of fused-ring (bicyclic) bond motifs is 1. The summed E-state index contributed by atoms with van der Waals surface area (Å²) in [5.74, 6) is -0.199.